The normalized spacial score (nSPS) is 17.6. The maximum atomic E-state index is 10.8. The number of hydrogen-bond donors (Lipinski definition) is 0. The van der Waals surface area contributed by atoms with Crippen molar-refractivity contribution in [1.82, 2.24) is 14.8 Å². The van der Waals surface area contributed by atoms with Crippen molar-refractivity contribution in [1.29, 1.82) is 0 Å². The van der Waals surface area contributed by atoms with Crippen LogP contribution in [0.25, 0.3) is 11.4 Å². The highest BCUT2D eigenvalue weighted by Gasteiger charge is 2.29. The van der Waals surface area contributed by atoms with Crippen LogP contribution >= 0.6 is 0 Å². The highest BCUT2D eigenvalue weighted by Crippen LogP contribution is 2.22. The van der Waals surface area contributed by atoms with Crippen LogP contribution in [0.3, 0.4) is 0 Å². The minimum absolute atomic E-state index is 0.238. The molecule has 0 fully saturated rings. The van der Waals surface area contributed by atoms with Gasteiger partial charge < -0.3 is 4.74 Å². The van der Waals surface area contributed by atoms with E-state index in [0.717, 1.165) is 17.1 Å². The second kappa shape index (κ2) is 4.92. The lowest BCUT2D eigenvalue weighted by molar-refractivity contribution is -0.527. The van der Waals surface area contributed by atoms with Gasteiger partial charge in [-0.15, -0.1) is 0 Å². The molecule has 0 N–H and O–H groups in total. The van der Waals surface area contributed by atoms with Gasteiger partial charge in [0.1, 0.15) is 18.1 Å². The quantitative estimate of drug-likeness (QED) is 0.626. The molecule has 2 aromatic rings. The van der Waals surface area contributed by atoms with Gasteiger partial charge in [0.25, 0.3) is 0 Å². The maximum absolute atomic E-state index is 10.8. The van der Waals surface area contributed by atoms with E-state index in [9.17, 15) is 10.1 Å². The summed E-state index contributed by atoms with van der Waals surface area (Å²) in [6, 6.07) is 6.88. The number of methoxy groups -OCH3 is 1. The molecule has 0 spiro atoms. The van der Waals surface area contributed by atoms with Crippen LogP contribution in [0.1, 0.15) is 12.2 Å². The van der Waals surface area contributed by atoms with Crippen LogP contribution in [-0.2, 0) is 13.0 Å². The lowest BCUT2D eigenvalue weighted by Gasteiger charge is -2.15. The number of benzene rings is 1. The summed E-state index contributed by atoms with van der Waals surface area (Å²) in [5.74, 6) is 2.19. The van der Waals surface area contributed by atoms with Crippen molar-refractivity contribution < 1.29 is 9.66 Å². The molecule has 1 aliphatic rings. The smallest absolute Gasteiger partial charge is 0.232 e. The summed E-state index contributed by atoms with van der Waals surface area (Å²) in [4.78, 5) is 15.1. The van der Waals surface area contributed by atoms with Crippen molar-refractivity contribution in [3.63, 3.8) is 0 Å². The first kappa shape index (κ1) is 12.6. The molecular weight excluding hydrogens is 260 g/mol. The molecule has 7 heteroatoms. The summed E-state index contributed by atoms with van der Waals surface area (Å²) in [5, 5.41) is 15.2. The molecule has 0 amide bonds. The molecule has 0 saturated heterocycles. The Morgan fingerprint density at radius 3 is 2.80 bits per heavy atom. The molecule has 0 radical (unpaired) electrons. The number of nitro groups is 1. The van der Waals surface area contributed by atoms with Crippen LogP contribution in [0.5, 0.6) is 5.75 Å². The number of aromatic nitrogens is 3. The van der Waals surface area contributed by atoms with Gasteiger partial charge in [-0.1, -0.05) is 0 Å². The molecule has 7 nitrogen and oxygen atoms in total. The predicted molar refractivity (Wildman–Crippen MR) is 71.1 cm³/mol. The summed E-state index contributed by atoms with van der Waals surface area (Å²) < 4.78 is 6.76. The molecule has 0 aliphatic carbocycles. The number of rotatable bonds is 3. The Balaban J connectivity index is 1.87. The second-order valence-corrected chi connectivity index (χ2v) is 4.74. The van der Waals surface area contributed by atoms with E-state index in [1.807, 2.05) is 24.3 Å². The number of nitrogens with zero attached hydrogens (tertiary/aromatic N) is 4. The van der Waals surface area contributed by atoms with Crippen molar-refractivity contribution in [2.24, 2.45) is 0 Å². The first-order chi connectivity index (χ1) is 9.67. The lowest BCUT2D eigenvalue weighted by Crippen LogP contribution is -2.31. The van der Waals surface area contributed by atoms with E-state index in [1.54, 1.807) is 11.8 Å². The average Bonchev–Trinajstić information content (AvgIpc) is 2.90. The van der Waals surface area contributed by atoms with Gasteiger partial charge in [0.2, 0.25) is 6.04 Å². The molecule has 1 aliphatic heterocycles. The number of ether oxygens (including phenoxy) is 1. The highest BCUT2D eigenvalue weighted by molar-refractivity contribution is 5.55. The average molecular weight is 274 g/mol. The van der Waals surface area contributed by atoms with E-state index < -0.39 is 6.04 Å². The van der Waals surface area contributed by atoms with Crippen molar-refractivity contribution in [3.05, 3.63) is 40.2 Å². The van der Waals surface area contributed by atoms with Crippen LogP contribution < -0.4 is 4.74 Å². The molecule has 1 unspecified atom stereocenters. The fourth-order valence-electron chi connectivity index (χ4n) is 2.33. The minimum Gasteiger partial charge on any atom is -0.497 e. The Bertz CT molecular complexity index is 636. The van der Waals surface area contributed by atoms with Crippen LogP contribution in [0, 0.1) is 10.1 Å². The summed E-state index contributed by atoms with van der Waals surface area (Å²) in [5.41, 5.74) is 0.880. The Labute approximate surface area is 115 Å². The zero-order valence-corrected chi connectivity index (χ0v) is 11.0. The third-order valence-electron chi connectivity index (χ3n) is 3.48. The molecule has 0 bridgehead atoms. The Hall–Kier alpha value is -2.44. The second-order valence-electron chi connectivity index (χ2n) is 4.74. The molecule has 1 aromatic carbocycles. The van der Waals surface area contributed by atoms with Crippen LogP contribution in [0.4, 0.5) is 0 Å². The number of aryl methyl sites for hydroxylation is 1. The van der Waals surface area contributed by atoms with Gasteiger partial charge in [-0.2, -0.15) is 5.10 Å². The van der Waals surface area contributed by atoms with E-state index >= 15 is 0 Å². The van der Waals surface area contributed by atoms with Gasteiger partial charge in [-0.05, 0) is 24.3 Å². The molecule has 0 saturated carbocycles. The van der Waals surface area contributed by atoms with Crippen LogP contribution in [-0.4, -0.2) is 32.8 Å². The minimum atomic E-state index is -0.562. The van der Waals surface area contributed by atoms with Gasteiger partial charge in [0.05, 0.1) is 7.11 Å². The topological polar surface area (TPSA) is 83.1 Å². The van der Waals surface area contributed by atoms with Crippen molar-refractivity contribution in [3.8, 4) is 17.1 Å². The van der Waals surface area contributed by atoms with E-state index in [0.29, 0.717) is 25.2 Å². The zero-order valence-electron chi connectivity index (χ0n) is 11.0. The van der Waals surface area contributed by atoms with Gasteiger partial charge >= 0.3 is 0 Å². The number of hydrogen-bond acceptors (Lipinski definition) is 5. The molecule has 104 valence electrons. The Kier molecular flexibility index (Phi) is 3.09. The lowest BCUT2D eigenvalue weighted by atomic mass is 10.1. The molecule has 1 atom stereocenters. The van der Waals surface area contributed by atoms with Crippen LogP contribution in [0.2, 0.25) is 0 Å². The SMILES string of the molecule is COc1ccc(-c2nc3n(n2)CC([N+](=O)[O-])CC3)cc1. The summed E-state index contributed by atoms with van der Waals surface area (Å²) in [6.45, 7) is 0.297. The van der Waals surface area contributed by atoms with Gasteiger partial charge in [0, 0.05) is 23.3 Å². The molecule has 20 heavy (non-hydrogen) atoms. The largest absolute Gasteiger partial charge is 0.497 e. The summed E-state index contributed by atoms with van der Waals surface area (Å²) in [7, 11) is 1.61. The monoisotopic (exact) mass is 274 g/mol. The predicted octanol–water partition coefficient (Wildman–Crippen LogP) is 1.55. The van der Waals surface area contributed by atoms with E-state index in [-0.39, 0.29) is 4.92 Å². The van der Waals surface area contributed by atoms with E-state index in [4.69, 9.17) is 4.74 Å². The molecule has 2 heterocycles. The molecule has 3 rings (SSSR count). The highest BCUT2D eigenvalue weighted by atomic mass is 16.6. The first-order valence-electron chi connectivity index (χ1n) is 6.39. The Morgan fingerprint density at radius 1 is 1.40 bits per heavy atom. The van der Waals surface area contributed by atoms with Gasteiger partial charge in [-0.3, -0.25) is 10.1 Å². The summed E-state index contributed by atoms with van der Waals surface area (Å²) in [6.07, 6.45) is 1.11. The Morgan fingerprint density at radius 2 is 2.15 bits per heavy atom. The van der Waals surface area contributed by atoms with Gasteiger partial charge in [0.15, 0.2) is 5.82 Å². The van der Waals surface area contributed by atoms with Crippen LogP contribution in [0.15, 0.2) is 24.3 Å². The van der Waals surface area contributed by atoms with E-state index in [1.165, 1.54) is 0 Å². The summed E-state index contributed by atoms with van der Waals surface area (Å²) >= 11 is 0. The van der Waals surface area contributed by atoms with Crippen molar-refractivity contribution in [2.45, 2.75) is 25.4 Å². The number of fused-ring (bicyclic) bond motifs is 1. The first-order valence-corrected chi connectivity index (χ1v) is 6.39. The fourth-order valence-corrected chi connectivity index (χ4v) is 2.33. The zero-order chi connectivity index (χ0) is 14.1. The van der Waals surface area contributed by atoms with Crippen molar-refractivity contribution in [2.75, 3.05) is 7.11 Å². The standard InChI is InChI=1S/C13H14N4O3/c1-20-11-5-2-9(3-6-11)13-14-12-7-4-10(17(18)19)8-16(12)15-13/h2-3,5-6,10H,4,7-8H2,1H3. The van der Waals surface area contributed by atoms with Crippen molar-refractivity contribution >= 4 is 0 Å². The third-order valence-corrected chi connectivity index (χ3v) is 3.48. The third kappa shape index (κ3) is 2.22. The maximum Gasteiger partial charge on any atom is 0.232 e. The fraction of sp³-hybridized carbons (Fsp3) is 0.385. The molecular formula is C13H14N4O3. The van der Waals surface area contributed by atoms with Gasteiger partial charge in [-0.25, -0.2) is 9.67 Å². The van der Waals surface area contributed by atoms with E-state index in [2.05, 4.69) is 10.1 Å². The molecule has 1 aromatic heterocycles.